The van der Waals surface area contributed by atoms with E-state index >= 15 is 0 Å². The molecule has 0 aromatic carbocycles. The molecule has 3 heterocycles. The second-order valence-electron chi connectivity index (χ2n) is 6.58. The van der Waals surface area contributed by atoms with Gasteiger partial charge in [-0.1, -0.05) is 6.07 Å². The number of hydrogen-bond donors (Lipinski definition) is 0. The van der Waals surface area contributed by atoms with Crippen molar-refractivity contribution < 1.29 is 4.74 Å². The Labute approximate surface area is 160 Å². The van der Waals surface area contributed by atoms with Crippen LogP contribution in [0.4, 0.5) is 0 Å². The van der Waals surface area contributed by atoms with Gasteiger partial charge in [0.15, 0.2) is 0 Å². The van der Waals surface area contributed by atoms with Crippen LogP contribution in [0.1, 0.15) is 29.4 Å². The molecule has 0 radical (unpaired) electrons. The lowest BCUT2D eigenvalue weighted by atomic mass is 10.1. The Balaban J connectivity index is 1.49. The van der Waals surface area contributed by atoms with E-state index in [1.54, 1.807) is 12.4 Å². The van der Waals surface area contributed by atoms with Crippen LogP contribution in [0.2, 0.25) is 0 Å². The summed E-state index contributed by atoms with van der Waals surface area (Å²) in [6.07, 6.45) is 6.47. The van der Waals surface area contributed by atoms with Crippen LogP contribution in [0, 0.1) is 19.8 Å². The summed E-state index contributed by atoms with van der Waals surface area (Å²) in [5.74, 6) is 2.20. The van der Waals surface area contributed by atoms with Crippen LogP contribution >= 0.6 is 15.9 Å². The zero-order valence-electron chi connectivity index (χ0n) is 14.6. The predicted octanol–water partition coefficient (Wildman–Crippen LogP) is 3.89. The molecule has 0 amide bonds. The van der Waals surface area contributed by atoms with Crippen LogP contribution in [0.25, 0.3) is 11.1 Å². The third kappa shape index (κ3) is 3.72. The molecule has 132 valence electrons. The van der Waals surface area contributed by atoms with Gasteiger partial charge in [-0.05, 0) is 53.9 Å². The van der Waals surface area contributed by atoms with Gasteiger partial charge in [-0.2, -0.15) is 10.1 Å². The van der Waals surface area contributed by atoms with Crippen LogP contribution in [-0.2, 0) is 0 Å². The summed E-state index contributed by atoms with van der Waals surface area (Å²) in [5.41, 5.74) is 4.01. The minimum Gasteiger partial charge on any atom is -0.477 e. The largest absolute Gasteiger partial charge is 0.477 e. The quantitative estimate of drug-likeness (QED) is 0.633. The number of aromatic nitrogens is 5. The Hall–Kier alpha value is -2.41. The van der Waals surface area contributed by atoms with Crippen molar-refractivity contribution in [3.63, 3.8) is 0 Å². The van der Waals surface area contributed by atoms with Gasteiger partial charge in [-0.3, -0.25) is 4.98 Å². The lowest BCUT2D eigenvalue weighted by Crippen LogP contribution is -2.06. The number of nitrogens with zero attached hydrogens (tertiary/aromatic N) is 5. The van der Waals surface area contributed by atoms with Crippen molar-refractivity contribution in [2.75, 3.05) is 6.61 Å². The second kappa shape index (κ2) is 7.07. The number of pyridine rings is 1. The minimum absolute atomic E-state index is 0.468. The first-order valence-corrected chi connectivity index (χ1v) is 9.27. The molecule has 1 aliphatic rings. The molecule has 3 aromatic heterocycles. The van der Waals surface area contributed by atoms with Crippen LogP contribution in [-0.4, -0.2) is 31.8 Å². The van der Waals surface area contributed by atoms with E-state index in [4.69, 9.17) is 4.74 Å². The van der Waals surface area contributed by atoms with Gasteiger partial charge in [0, 0.05) is 35.5 Å². The zero-order chi connectivity index (χ0) is 18.1. The fraction of sp³-hybridized carbons (Fsp3) is 0.316. The summed E-state index contributed by atoms with van der Waals surface area (Å²) in [6, 6.07) is 6.10. The van der Waals surface area contributed by atoms with Crippen molar-refractivity contribution in [3.8, 4) is 17.0 Å². The smallest absolute Gasteiger partial charge is 0.224 e. The standard InChI is InChI=1S/C19H18BrN5O/c1-11-3-4-17(22-7-11)15-5-14(15)10-26-19-16(9-21-12(2)24-19)13-6-18(20)25-23-8-13/h3-4,6-9,14-15H,5,10H2,1-2H3. The molecule has 1 aliphatic carbocycles. The zero-order valence-corrected chi connectivity index (χ0v) is 16.1. The van der Waals surface area contributed by atoms with E-state index in [0.717, 1.165) is 23.2 Å². The van der Waals surface area contributed by atoms with Gasteiger partial charge in [0.1, 0.15) is 10.4 Å². The number of ether oxygens (including phenoxy) is 1. The Morgan fingerprint density at radius 2 is 2.04 bits per heavy atom. The lowest BCUT2D eigenvalue weighted by molar-refractivity contribution is 0.285. The highest BCUT2D eigenvalue weighted by molar-refractivity contribution is 9.10. The molecule has 1 fully saturated rings. The van der Waals surface area contributed by atoms with Gasteiger partial charge < -0.3 is 4.74 Å². The van der Waals surface area contributed by atoms with E-state index in [-0.39, 0.29) is 0 Å². The van der Waals surface area contributed by atoms with Crippen LogP contribution in [0.3, 0.4) is 0 Å². The highest BCUT2D eigenvalue weighted by Gasteiger charge is 2.40. The van der Waals surface area contributed by atoms with Crippen LogP contribution < -0.4 is 4.74 Å². The molecule has 0 N–H and O–H groups in total. The average molecular weight is 412 g/mol. The van der Waals surface area contributed by atoms with Crippen molar-refractivity contribution in [3.05, 3.63) is 58.5 Å². The number of aryl methyl sites for hydroxylation is 2. The average Bonchev–Trinajstić information content (AvgIpc) is 3.40. The van der Waals surface area contributed by atoms with Crippen molar-refractivity contribution in [1.82, 2.24) is 25.1 Å². The summed E-state index contributed by atoms with van der Waals surface area (Å²) in [7, 11) is 0. The molecule has 26 heavy (non-hydrogen) atoms. The van der Waals surface area contributed by atoms with Crippen molar-refractivity contribution in [2.45, 2.75) is 26.2 Å². The molecule has 1 saturated carbocycles. The first kappa shape index (κ1) is 17.0. The van der Waals surface area contributed by atoms with Crippen molar-refractivity contribution in [1.29, 1.82) is 0 Å². The summed E-state index contributed by atoms with van der Waals surface area (Å²) in [5, 5.41) is 7.90. The Morgan fingerprint density at radius 3 is 2.81 bits per heavy atom. The molecule has 2 atom stereocenters. The Kier molecular flexibility index (Phi) is 4.63. The molecule has 0 saturated heterocycles. The highest BCUT2D eigenvalue weighted by Crippen LogP contribution is 2.47. The topological polar surface area (TPSA) is 73.7 Å². The van der Waals surface area contributed by atoms with E-state index in [9.17, 15) is 0 Å². The summed E-state index contributed by atoms with van der Waals surface area (Å²) in [6.45, 7) is 4.52. The van der Waals surface area contributed by atoms with Gasteiger partial charge in [0.05, 0.1) is 18.4 Å². The third-order valence-corrected chi connectivity index (χ3v) is 4.87. The first-order valence-electron chi connectivity index (χ1n) is 8.48. The lowest BCUT2D eigenvalue weighted by Gasteiger charge is -2.11. The van der Waals surface area contributed by atoms with Gasteiger partial charge in [0.25, 0.3) is 0 Å². The van der Waals surface area contributed by atoms with E-state index < -0.39 is 0 Å². The predicted molar refractivity (Wildman–Crippen MR) is 101 cm³/mol. The van der Waals surface area contributed by atoms with E-state index in [1.807, 2.05) is 19.2 Å². The minimum atomic E-state index is 0.468. The molecule has 0 bridgehead atoms. The van der Waals surface area contributed by atoms with Gasteiger partial charge >= 0.3 is 0 Å². The van der Waals surface area contributed by atoms with Crippen LogP contribution in [0.5, 0.6) is 5.88 Å². The van der Waals surface area contributed by atoms with Crippen LogP contribution in [0.15, 0.2) is 41.4 Å². The molecule has 0 spiro atoms. The number of rotatable bonds is 5. The summed E-state index contributed by atoms with van der Waals surface area (Å²) in [4.78, 5) is 13.3. The monoisotopic (exact) mass is 411 g/mol. The molecule has 3 aromatic rings. The molecule has 4 rings (SSSR count). The van der Waals surface area contributed by atoms with Gasteiger partial charge in [-0.15, -0.1) is 5.10 Å². The second-order valence-corrected chi connectivity index (χ2v) is 7.39. The van der Waals surface area contributed by atoms with E-state index in [2.05, 4.69) is 60.1 Å². The maximum absolute atomic E-state index is 6.07. The summed E-state index contributed by atoms with van der Waals surface area (Å²) >= 11 is 3.35. The van der Waals surface area contributed by atoms with Crippen molar-refractivity contribution >= 4 is 15.9 Å². The number of halogens is 1. The SMILES string of the molecule is Cc1ccc(C2CC2COc2nc(C)ncc2-c2cnnc(Br)c2)nc1. The molecule has 0 aliphatic heterocycles. The van der Waals surface area contributed by atoms with E-state index in [0.29, 0.717) is 34.8 Å². The molecule has 6 nitrogen and oxygen atoms in total. The first-order chi connectivity index (χ1) is 12.6. The Bertz CT molecular complexity index is 931. The molecule has 7 heteroatoms. The normalized spacial score (nSPS) is 18.6. The fourth-order valence-electron chi connectivity index (χ4n) is 2.92. The van der Waals surface area contributed by atoms with Gasteiger partial charge in [-0.25, -0.2) is 4.98 Å². The third-order valence-electron chi connectivity index (χ3n) is 4.48. The van der Waals surface area contributed by atoms with Crippen molar-refractivity contribution in [2.24, 2.45) is 5.92 Å². The molecule has 2 unspecified atom stereocenters. The maximum atomic E-state index is 6.07. The summed E-state index contributed by atoms with van der Waals surface area (Å²) < 4.78 is 6.73. The van der Waals surface area contributed by atoms with E-state index in [1.165, 1.54) is 5.56 Å². The number of hydrogen-bond acceptors (Lipinski definition) is 6. The Morgan fingerprint density at radius 1 is 1.15 bits per heavy atom. The fourth-order valence-corrected chi connectivity index (χ4v) is 3.26. The molecular formula is C19H18BrN5O. The van der Waals surface area contributed by atoms with Gasteiger partial charge in [0.2, 0.25) is 5.88 Å². The highest BCUT2D eigenvalue weighted by atomic mass is 79.9. The molecular weight excluding hydrogens is 394 g/mol. The maximum Gasteiger partial charge on any atom is 0.224 e.